The Hall–Kier alpha value is -1.60. The third kappa shape index (κ3) is 5.21. The monoisotopic (exact) mass is 358 g/mol. The molecule has 2 N–H and O–H groups in total. The molecule has 1 aliphatic heterocycles. The summed E-state index contributed by atoms with van der Waals surface area (Å²) >= 11 is 0. The summed E-state index contributed by atoms with van der Waals surface area (Å²) in [5, 5.41) is 12.0. The molecule has 1 atom stereocenters. The smallest absolute Gasteiger partial charge is 0.323 e. The number of hydrogen-bond donors (Lipinski definition) is 2. The highest BCUT2D eigenvalue weighted by Crippen LogP contribution is 2.18. The lowest BCUT2D eigenvalue weighted by Gasteiger charge is -2.26. The van der Waals surface area contributed by atoms with E-state index in [0.29, 0.717) is 24.2 Å². The van der Waals surface area contributed by atoms with E-state index in [-0.39, 0.29) is 30.3 Å². The Balaban J connectivity index is 0.00000288. The zero-order valence-corrected chi connectivity index (χ0v) is 15.3. The van der Waals surface area contributed by atoms with Crippen molar-refractivity contribution in [1.82, 2.24) is 14.5 Å². The Bertz CT molecular complexity index is 618. The van der Waals surface area contributed by atoms with Gasteiger partial charge in [-0.3, -0.25) is 19.1 Å². The Labute approximate surface area is 148 Å². The Kier molecular flexibility index (Phi) is 7.69. The molecule has 0 amide bonds. The van der Waals surface area contributed by atoms with E-state index < -0.39 is 5.97 Å². The van der Waals surface area contributed by atoms with Gasteiger partial charge in [0.2, 0.25) is 0 Å². The predicted octanol–water partition coefficient (Wildman–Crippen LogP) is 1.59. The molecule has 0 bridgehead atoms. The summed E-state index contributed by atoms with van der Waals surface area (Å²) < 4.78 is 1.23. The second kappa shape index (κ2) is 9.03. The molecule has 0 aromatic carbocycles. The van der Waals surface area contributed by atoms with Crippen molar-refractivity contribution >= 4 is 24.2 Å². The van der Waals surface area contributed by atoms with Crippen LogP contribution in [0.15, 0.2) is 11.0 Å². The minimum Gasteiger partial charge on any atom is -0.480 e. The van der Waals surface area contributed by atoms with Crippen molar-refractivity contribution in [3.63, 3.8) is 0 Å². The first-order valence-corrected chi connectivity index (χ1v) is 8.14. The SMILES string of the molecule is Cc1cnc(NC[C@H]2CCCN2CC(C)C)c(=O)n1CC(=O)O.Cl. The van der Waals surface area contributed by atoms with Crippen LogP contribution in [0.3, 0.4) is 0 Å². The molecular weight excluding hydrogens is 332 g/mol. The number of aryl methyl sites for hydroxylation is 1. The first-order chi connectivity index (χ1) is 10.9. The lowest BCUT2D eigenvalue weighted by molar-refractivity contribution is -0.137. The summed E-state index contributed by atoms with van der Waals surface area (Å²) in [5.41, 5.74) is 0.172. The molecule has 136 valence electrons. The number of carbonyl (C=O) groups is 1. The number of nitrogens with zero attached hydrogens (tertiary/aromatic N) is 3. The average Bonchev–Trinajstić information content (AvgIpc) is 2.89. The molecule has 0 saturated carbocycles. The van der Waals surface area contributed by atoms with Crippen LogP contribution in [0.25, 0.3) is 0 Å². The van der Waals surface area contributed by atoms with Gasteiger partial charge in [0.1, 0.15) is 6.54 Å². The zero-order valence-electron chi connectivity index (χ0n) is 14.5. The first-order valence-electron chi connectivity index (χ1n) is 8.14. The third-order valence-corrected chi connectivity index (χ3v) is 4.15. The fraction of sp³-hybridized carbons (Fsp3) is 0.688. The molecule has 0 unspecified atom stereocenters. The molecule has 8 heteroatoms. The molecule has 7 nitrogen and oxygen atoms in total. The largest absolute Gasteiger partial charge is 0.480 e. The summed E-state index contributed by atoms with van der Waals surface area (Å²) in [4.78, 5) is 29.8. The van der Waals surface area contributed by atoms with Crippen LogP contribution in [-0.4, -0.2) is 51.2 Å². The minimum absolute atomic E-state index is 0. The van der Waals surface area contributed by atoms with Crippen molar-refractivity contribution < 1.29 is 9.90 Å². The van der Waals surface area contributed by atoms with Gasteiger partial charge in [-0.2, -0.15) is 0 Å². The molecule has 1 fully saturated rings. The van der Waals surface area contributed by atoms with Crippen molar-refractivity contribution in [2.75, 3.05) is 25.0 Å². The van der Waals surface area contributed by atoms with Crippen molar-refractivity contribution in [2.45, 2.75) is 46.2 Å². The topological polar surface area (TPSA) is 87.5 Å². The van der Waals surface area contributed by atoms with E-state index in [1.807, 2.05) is 0 Å². The molecule has 2 heterocycles. The van der Waals surface area contributed by atoms with Crippen LogP contribution in [0.5, 0.6) is 0 Å². The van der Waals surface area contributed by atoms with E-state index in [0.717, 1.165) is 19.5 Å². The first kappa shape index (κ1) is 20.4. The van der Waals surface area contributed by atoms with Gasteiger partial charge in [-0.1, -0.05) is 13.8 Å². The van der Waals surface area contributed by atoms with Crippen molar-refractivity contribution in [2.24, 2.45) is 5.92 Å². The molecule has 1 saturated heterocycles. The lowest BCUT2D eigenvalue weighted by atomic mass is 10.1. The number of aliphatic carboxylic acids is 1. The van der Waals surface area contributed by atoms with Crippen LogP contribution in [-0.2, 0) is 11.3 Å². The summed E-state index contributed by atoms with van der Waals surface area (Å²) in [6.07, 6.45) is 3.81. The molecule has 1 aliphatic rings. The summed E-state index contributed by atoms with van der Waals surface area (Å²) in [5.74, 6) is -0.194. The maximum atomic E-state index is 12.4. The van der Waals surface area contributed by atoms with Crippen LogP contribution in [0, 0.1) is 12.8 Å². The number of carboxylic acid groups (broad SMARTS) is 1. The number of halogens is 1. The highest BCUT2D eigenvalue weighted by Gasteiger charge is 2.25. The van der Waals surface area contributed by atoms with E-state index in [1.165, 1.54) is 17.2 Å². The van der Waals surface area contributed by atoms with E-state index in [9.17, 15) is 9.59 Å². The summed E-state index contributed by atoms with van der Waals surface area (Å²) in [7, 11) is 0. The van der Waals surface area contributed by atoms with Crippen LogP contribution in [0.1, 0.15) is 32.4 Å². The van der Waals surface area contributed by atoms with E-state index in [2.05, 4.69) is 29.0 Å². The number of anilines is 1. The highest BCUT2D eigenvalue weighted by atomic mass is 35.5. The number of nitrogens with one attached hydrogen (secondary N) is 1. The maximum absolute atomic E-state index is 12.4. The van der Waals surface area contributed by atoms with E-state index >= 15 is 0 Å². The second-order valence-electron chi connectivity index (χ2n) is 6.60. The number of aromatic nitrogens is 2. The van der Waals surface area contributed by atoms with Crippen molar-refractivity contribution in [3.8, 4) is 0 Å². The van der Waals surface area contributed by atoms with Crippen LogP contribution in [0.2, 0.25) is 0 Å². The number of hydrogen-bond acceptors (Lipinski definition) is 5. The minimum atomic E-state index is -1.04. The highest BCUT2D eigenvalue weighted by molar-refractivity contribution is 5.85. The third-order valence-electron chi connectivity index (χ3n) is 4.15. The molecule has 0 spiro atoms. The second-order valence-corrected chi connectivity index (χ2v) is 6.60. The van der Waals surface area contributed by atoms with Gasteiger partial charge in [0.05, 0.1) is 0 Å². The number of carboxylic acids is 1. The van der Waals surface area contributed by atoms with E-state index in [4.69, 9.17) is 5.11 Å². The Morgan fingerprint density at radius 1 is 1.50 bits per heavy atom. The quantitative estimate of drug-likeness (QED) is 0.769. The molecular formula is C16H27ClN4O3. The average molecular weight is 359 g/mol. The van der Waals surface area contributed by atoms with Gasteiger partial charge in [-0.25, -0.2) is 4.98 Å². The molecule has 0 aliphatic carbocycles. The van der Waals surface area contributed by atoms with Gasteiger partial charge < -0.3 is 10.4 Å². The van der Waals surface area contributed by atoms with Gasteiger partial charge >= 0.3 is 5.97 Å². The fourth-order valence-electron chi connectivity index (χ4n) is 3.07. The van der Waals surface area contributed by atoms with Gasteiger partial charge in [-0.15, -0.1) is 12.4 Å². The van der Waals surface area contributed by atoms with E-state index in [1.54, 1.807) is 6.92 Å². The van der Waals surface area contributed by atoms with Crippen molar-refractivity contribution in [1.29, 1.82) is 0 Å². The fourth-order valence-corrected chi connectivity index (χ4v) is 3.07. The van der Waals surface area contributed by atoms with Gasteiger partial charge in [-0.05, 0) is 32.2 Å². The van der Waals surface area contributed by atoms with Gasteiger partial charge in [0, 0.05) is 31.0 Å². The molecule has 1 aromatic heterocycles. The number of rotatable bonds is 7. The van der Waals surface area contributed by atoms with Crippen LogP contribution in [0.4, 0.5) is 5.82 Å². The van der Waals surface area contributed by atoms with Gasteiger partial charge in [0.15, 0.2) is 5.82 Å². The van der Waals surface area contributed by atoms with Gasteiger partial charge in [0.25, 0.3) is 5.56 Å². The normalized spacial score (nSPS) is 17.8. The molecule has 0 radical (unpaired) electrons. The summed E-state index contributed by atoms with van der Waals surface area (Å²) in [6, 6.07) is 0.396. The number of likely N-dealkylation sites (tertiary alicyclic amines) is 1. The lowest BCUT2D eigenvalue weighted by Crippen LogP contribution is -2.38. The molecule has 1 aromatic rings. The predicted molar refractivity (Wildman–Crippen MR) is 96.0 cm³/mol. The standard InChI is InChI=1S/C16H26N4O3.ClH/c1-11(2)9-19-6-4-5-13(19)8-18-15-16(23)20(10-14(21)22)12(3)7-17-15;/h7,11,13H,4-6,8-10H2,1-3H3,(H,17,18)(H,21,22);1H/t13-;/m1./s1. The van der Waals surface area contributed by atoms with Crippen molar-refractivity contribution in [3.05, 3.63) is 22.2 Å². The Morgan fingerprint density at radius 3 is 2.83 bits per heavy atom. The molecule has 2 rings (SSSR count). The zero-order chi connectivity index (χ0) is 17.0. The molecule has 24 heavy (non-hydrogen) atoms. The maximum Gasteiger partial charge on any atom is 0.323 e. The Morgan fingerprint density at radius 2 is 2.21 bits per heavy atom. The van der Waals surface area contributed by atoms with Crippen LogP contribution >= 0.6 is 12.4 Å². The van der Waals surface area contributed by atoms with Crippen LogP contribution < -0.4 is 10.9 Å². The summed E-state index contributed by atoms with van der Waals surface area (Å²) in [6.45, 7) is 8.55.